The predicted octanol–water partition coefficient (Wildman–Crippen LogP) is 5.72. The summed E-state index contributed by atoms with van der Waals surface area (Å²) in [5, 5.41) is 20.3. The number of azo groups is 1. The molecule has 0 aliphatic rings. The number of phenols is 1. The van der Waals surface area contributed by atoms with E-state index >= 15 is 0 Å². The summed E-state index contributed by atoms with van der Waals surface area (Å²) >= 11 is 3.39. The number of nitrogens with zero attached hydrogens (tertiary/aromatic N) is 2. The van der Waals surface area contributed by atoms with E-state index in [9.17, 15) is 5.11 Å². The van der Waals surface area contributed by atoms with Crippen molar-refractivity contribution in [2.45, 2.75) is 0 Å². The minimum Gasteiger partial charge on any atom is -0.506 e. The highest BCUT2D eigenvalue weighted by Crippen LogP contribution is 2.36. The topological polar surface area (TPSA) is 45.0 Å². The van der Waals surface area contributed by atoms with Gasteiger partial charge in [-0.2, -0.15) is 5.11 Å². The number of fused-ring (bicyclic) bond motifs is 1. The normalized spacial score (nSPS) is 11.2. The van der Waals surface area contributed by atoms with Crippen molar-refractivity contribution in [2.24, 2.45) is 10.2 Å². The summed E-state index contributed by atoms with van der Waals surface area (Å²) in [5.74, 6) is 0.127. The maximum Gasteiger partial charge on any atom is 0.143 e. The van der Waals surface area contributed by atoms with E-state index in [2.05, 4.69) is 26.2 Å². The smallest absolute Gasteiger partial charge is 0.143 e. The quantitative estimate of drug-likeness (QED) is 0.601. The lowest BCUT2D eigenvalue weighted by Gasteiger charge is -2.03. The van der Waals surface area contributed by atoms with Gasteiger partial charge in [0.2, 0.25) is 0 Å². The molecule has 0 amide bonds. The predicted molar refractivity (Wildman–Crippen MR) is 83.9 cm³/mol. The number of halogens is 1. The average molecular weight is 327 g/mol. The summed E-state index contributed by atoms with van der Waals surface area (Å²) in [6.07, 6.45) is 0. The van der Waals surface area contributed by atoms with Gasteiger partial charge in [0.25, 0.3) is 0 Å². The minimum atomic E-state index is 0.127. The van der Waals surface area contributed by atoms with Crippen molar-refractivity contribution in [3.05, 3.63) is 65.1 Å². The van der Waals surface area contributed by atoms with Gasteiger partial charge in [-0.25, -0.2) is 0 Å². The Morgan fingerprint density at radius 3 is 2.55 bits per heavy atom. The first-order valence-electron chi connectivity index (χ1n) is 6.12. The van der Waals surface area contributed by atoms with E-state index in [4.69, 9.17) is 0 Å². The fourth-order valence-corrected chi connectivity index (χ4v) is 2.38. The third-order valence-corrected chi connectivity index (χ3v) is 3.45. The molecule has 3 aromatic carbocycles. The molecule has 0 spiro atoms. The number of hydrogen-bond donors (Lipinski definition) is 1. The van der Waals surface area contributed by atoms with E-state index in [-0.39, 0.29) is 5.75 Å². The molecule has 0 saturated carbocycles. The summed E-state index contributed by atoms with van der Waals surface area (Å²) in [6, 6.07) is 18.8. The van der Waals surface area contributed by atoms with Crippen LogP contribution in [0, 0.1) is 0 Å². The summed E-state index contributed by atoms with van der Waals surface area (Å²) < 4.78 is 0.941. The molecule has 3 nitrogen and oxygen atoms in total. The van der Waals surface area contributed by atoms with Gasteiger partial charge in [-0.3, -0.25) is 0 Å². The highest BCUT2D eigenvalue weighted by Gasteiger charge is 2.05. The van der Waals surface area contributed by atoms with Crippen molar-refractivity contribution in [1.82, 2.24) is 0 Å². The lowest BCUT2D eigenvalue weighted by molar-refractivity contribution is 0.477. The van der Waals surface area contributed by atoms with E-state index in [1.54, 1.807) is 6.07 Å². The lowest BCUT2D eigenvalue weighted by atomic mass is 10.1. The molecule has 3 rings (SSSR count). The van der Waals surface area contributed by atoms with Crippen molar-refractivity contribution in [1.29, 1.82) is 0 Å². The van der Waals surface area contributed by atoms with Gasteiger partial charge in [0, 0.05) is 9.86 Å². The molecule has 3 aromatic rings. The fourth-order valence-electron chi connectivity index (χ4n) is 1.99. The van der Waals surface area contributed by atoms with Crippen LogP contribution in [0.2, 0.25) is 0 Å². The highest BCUT2D eigenvalue weighted by atomic mass is 79.9. The number of rotatable bonds is 2. The van der Waals surface area contributed by atoms with Crippen LogP contribution in [0.5, 0.6) is 5.75 Å². The largest absolute Gasteiger partial charge is 0.506 e. The first kappa shape index (κ1) is 12.8. The Hall–Kier alpha value is -2.20. The van der Waals surface area contributed by atoms with Gasteiger partial charge < -0.3 is 5.11 Å². The molecule has 0 unspecified atom stereocenters. The zero-order valence-electron chi connectivity index (χ0n) is 10.5. The molecular formula is C16H11BrN2O. The van der Waals surface area contributed by atoms with Crippen molar-refractivity contribution in [3.63, 3.8) is 0 Å². The van der Waals surface area contributed by atoms with Gasteiger partial charge >= 0.3 is 0 Å². The Morgan fingerprint density at radius 1 is 0.850 bits per heavy atom. The van der Waals surface area contributed by atoms with E-state index in [0.29, 0.717) is 5.69 Å². The van der Waals surface area contributed by atoms with E-state index < -0.39 is 0 Å². The zero-order valence-corrected chi connectivity index (χ0v) is 12.1. The monoisotopic (exact) mass is 326 g/mol. The highest BCUT2D eigenvalue weighted by molar-refractivity contribution is 9.10. The summed E-state index contributed by atoms with van der Waals surface area (Å²) in [4.78, 5) is 0. The van der Waals surface area contributed by atoms with Gasteiger partial charge in [0.05, 0.1) is 5.69 Å². The van der Waals surface area contributed by atoms with E-state index in [1.165, 1.54) is 0 Å². The zero-order chi connectivity index (χ0) is 13.9. The molecule has 0 aliphatic heterocycles. The lowest BCUT2D eigenvalue weighted by Crippen LogP contribution is -1.74. The van der Waals surface area contributed by atoms with Gasteiger partial charge in [0.1, 0.15) is 11.4 Å². The van der Waals surface area contributed by atoms with E-state index in [1.807, 2.05) is 54.6 Å². The second-order valence-electron chi connectivity index (χ2n) is 4.33. The number of benzene rings is 3. The Kier molecular flexibility index (Phi) is 3.48. The second kappa shape index (κ2) is 5.43. The van der Waals surface area contributed by atoms with Gasteiger partial charge in [-0.1, -0.05) is 52.3 Å². The molecule has 0 bridgehead atoms. The van der Waals surface area contributed by atoms with Crippen LogP contribution in [0.15, 0.2) is 75.4 Å². The van der Waals surface area contributed by atoms with Crippen LogP contribution >= 0.6 is 15.9 Å². The molecule has 0 saturated heterocycles. The van der Waals surface area contributed by atoms with Crippen LogP contribution in [-0.2, 0) is 0 Å². The molecule has 4 heteroatoms. The standard InChI is InChI=1S/C16H11BrN2O/c17-12-5-3-6-13(10-12)18-19-16-14-7-2-1-4-11(14)8-9-15(16)20/h1-10,20H. The molecule has 0 radical (unpaired) electrons. The molecule has 0 fully saturated rings. The maximum atomic E-state index is 9.98. The summed E-state index contributed by atoms with van der Waals surface area (Å²) in [5.41, 5.74) is 1.22. The fraction of sp³-hybridized carbons (Fsp3) is 0. The van der Waals surface area contributed by atoms with Crippen molar-refractivity contribution in [2.75, 3.05) is 0 Å². The number of phenolic OH excluding ortho intramolecular Hbond substituents is 1. The molecular weight excluding hydrogens is 316 g/mol. The third kappa shape index (κ3) is 2.56. The molecule has 0 atom stereocenters. The van der Waals surface area contributed by atoms with Crippen molar-refractivity contribution in [3.8, 4) is 5.75 Å². The van der Waals surface area contributed by atoms with Crippen molar-refractivity contribution < 1.29 is 5.11 Å². The van der Waals surface area contributed by atoms with Gasteiger partial charge in [-0.15, -0.1) is 5.11 Å². The molecule has 0 aromatic heterocycles. The number of hydrogen-bond acceptors (Lipinski definition) is 3. The molecule has 20 heavy (non-hydrogen) atoms. The van der Waals surface area contributed by atoms with Crippen LogP contribution in [-0.4, -0.2) is 5.11 Å². The van der Waals surface area contributed by atoms with E-state index in [0.717, 1.165) is 20.9 Å². The maximum absolute atomic E-state index is 9.98. The molecule has 1 N–H and O–H groups in total. The minimum absolute atomic E-state index is 0.127. The number of aromatic hydroxyl groups is 1. The Balaban J connectivity index is 2.08. The SMILES string of the molecule is Oc1ccc2ccccc2c1N=Nc1cccc(Br)c1. The van der Waals surface area contributed by atoms with Crippen LogP contribution in [0.1, 0.15) is 0 Å². The average Bonchev–Trinajstić information content (AvgIpc) is 2.46. The van der Waals surface area contributed by atoms with Crippen LogP contribution in [0.3, 0.4) is 0 Å². The Morgan fingerprint density at radius 2 is 1.70 bits per heavy atom. The van der Waals surface area contributed by atoms with Crippen LogP contribution < -0.4 is 0 Å². The Labute approximate surface area is 124 Å². The van der Waals surface area contributed by atoms with Crippen molar-refractivity contribution >= 4 is 38.1 Å². The summed E-state index contributed by atoms with van der Waals surface area (Å²) in [6.45, 7) is 0. The first-order chi connectivity index (χ1) is 9.74. The third-order valence-electron chi connectivity index (χ3n) is 2.95. The summed E-state index contributed by atoms with van der Waals surface area (Å²) in [7, 11) is 0. The van der Waals surface area contributed by atoms with Crippen LogP contribution in [0.25, 0.3) is 10.8 Å². The van der Waals surface area contributed by atoms with Gasteiger partial charge in [0.15, 0.2) is 0 Å². The van der Waals surface area contributed by atoms with Gasteiger partial charge in [-0.05, 0) is 29.7 Å². The molecule has 0 heterocycles. The molecule has 98 valence electrons. The Bertz CT molecular complexity index is 799. The van der Waals surface area contributed by atoms with Crippen LogP contribution in [0.4, 0.5) is 11.4 Å². The second-order valence-corrected chi connectivity index (χ2v) is 5.25. The first-order valence-corrected chi connectivity index (χ1v) is 6.91. The molecule has 0 aliphatic carbocycles.